The summed E-state index contributed by atoms with van der Waals surface area (Å²) in [7, 11) is 0. The highest BCUT2D eigenvalue weighted by molar-refractivity contribution is 6.30. The molecular formula is C76H48N2. The molecule has 2 nitrogen and oxygen atoms in total. The van der Waals surface area contributed by atoms with Crippen LogP contribution in [0.5, 0.6) is 0 Å². The third kappa shape index (κ3) is 8.42. The molecular weight excluding hydrogens is 941 g/mol. The molecule has 0 atom stereocenters. The van der Waals surface area contributed by atoms with Gasteiger partial charge in [-0.25, -0.2) is 0 Å². The van der Waals surface area contributed by atoms with Gasteiger partial charge in [0, 0.05) is 56.4 Å². The van der Waals surface area contributed by atoms with Gasteiger partial charge >= 0.3 is 0 Å². The molecule has 362 valence electrons. The van der Waals surface area contributed by atoms with E-state index in [-0.39, 0.29) is 0 Å². The molecule has 0 saturated heterocycles. The van der Waals surface area contributed by atoms with E-state index in [0.29, 0.717) is 0 Å². The van der Waals surface area contributed by atoms with Crippen LogP contribution in [-0.2, 0) is 0 Å². The number of benzene rings is 14. The summed E-state index contributed by atoms with van der Waals surface area (Å²) in [4.78, 5) is 4.56. The van der Waals surface area contributed by atoms with Crippen LogP contribution in [0, 0.1) is 23.7 Å². The van der Waals surface area contributed by atoms with E-state index in [1.807, 2.05) is 0 Å². The number of hydrogen-bond donors (Lipinski definition) is 0. The molecule has 0 radical (unpaired) electrons. The SMILES string of the molecule is C(#Cc1cc(-c2cccc3ccccc23)c2ccc3c(C#Cc4ccc(N(c5ccccc5)c5ccccc5)cc4)cc(-c4cccc5ccccc45)c4ccc1c2c34)c1ccc(N(c2ccccc2)c2ccccc2)cc1. The van der Waals surface area contributed by atoms with Gasteiger partial charge in [-0.15, -0.1) is 0 Å². The second-order valence-corrected chi connectivity index (χ2v) is 19.7. The Labute approximate surface area is 454 Å². The van der Waals surface area contributed by atoms with E-state index >= 15 is 0 Å². The zero-order chi connectivity index (χ0) is 51.8. The first-order valence-electron chi connectivity index (χ1n) is 26.5. The molecule has 78 heavy (non-hydrogen) atoms. The Morgan fingerprint density at radius 3 is 0.885 bits per heavy atom. The number of rotatable bonds is 8. The van der Waals surface area contributed by atoms with E-state index in [4.69, 9.17) is 0 Å². The van der Waals surface area contributed by atoms with Crippen LogP contribution in [0.4, 0.5) is 34.1 Å². The van der Waals surface area contributed by atoms with Gasteiger partial charge < -0.3 is 9.80 Å². The third-order valence-corrected chi connectivity index (χ3v) is 15.0. The highest BCUT2D eigenvalue weighted by Gasteiger charge is 2.21. The average molecular weight is 989 g/mol. The highest BCUT2D eigenvalue weighted by Crippen LogP contribution is 2.47. The lowest BCUT2D eigenvalue weighted by molar-refractivity contribution is 1.28. The van der Waals surface area contributed by atoms with Gasteiger partial charge in [-0.1, -0.05) is 206 Å². The van der Waals surface area contributed by atoms with Gasteiger partial charge in [-0.3, -0.25) is 0 Å². The molecule has 0 amide bonds. The molecule has 0 fully saturated rings. The molecule has 0 spiro atoms. The van der Waals surface area contributed by atoms with Gasteiger partial charge in [0.15, 0.2) is 0 Å². The van der Waals surface area contributed by atoms with Crippen molar-refractivity contribution < 1.29 is 0 Å². The average Bonchev–Trinajstić information content (AvgIpc) is 3.70. The Morgan fingerprint density at radius 2 is 0.513 bits per heavy atom. The van der Waals surface area contributed by atoms with Gasteiger partial charge in [0.05, 0.1) is 0 Å². The standard InChI is InChI=1S/C76H48N2/c1-5-23-59(24-6-1)77(60-25-7-2-8-26-60)63-43-37-53(38-44-63)35-41-57-51-73(69-33-17-21-55-19-13-15-31-65(55)69)71-50-48-68-58(42-36-54-39-45-64(46-40-54)78(61-27-9-3-10-28-61)62-29-11-4-12-30-62)52-74(72-49-47-67(57)75(71)76(68)72)70-34-18-22-56-20-14-16-32-66(56)70/h1-34,37-40,43-52H. The van der Waals surface area contributed by atoms with E-state index in [1.165, 1.54) is 54.2 Å². The van der Waals surface area contributed by atoms with Crippen molar-refractivity contribution >= 4 is 88.0 Å². The molecule has 0 bridgehead atoms. The van der Waals surface area contributed by atoms with Crippen molar-refractivity contribution in [3.63, 3.8) is 0 Å². The topological polar surface area (TPSA) is 6.48 Å². The minimum atomic E-state index is 0.939. The molecule has 0 aliphatic rings. The zero-order valence-corrected chi connectivity index (χ0v) is 42.6. The number of hydrogen-bond acceptors (Lipinski definition) is 2. The zero-order valence-electron chi connectivity index (χ0n) is 42.6. The van der Waals surface area contributed by atoms with Crippen LogP contribution >= 0.6 is 0 Å². The monoisotopic (exact) mass is 988 g/mol. The largest absolute Gasteiger partial charge is 0.311 e. The normalized spacial score (nSPS) is 11.1. The molecule has 0 aliphatic heterocycles. The van der Waals surface area contributed by atoms with Crippen LogP contribution < -0.4 is 9.80 Å². The predicted octanol–water partition coefficient (Wildman–Crippen LogP) is 20.0. The molecule has 0 unspecified atom stereocenters. The predicted molar refractivity (Wildman–Crippen MR) is 330 cm³/mol. The van der Waals surface area contributed by atoms with E-state index in [2.05, 4.69) is 325 Å². The van der Waals surface area contributed by atoms with Crippen LogP contribution in [0.1, 0.15) is 22.3 Å². The van der Waals surface area contributed by atoms with Gasteiger partial charge in [0.25, 0.3) is 0 Å². The quantitative estimate of drug-likeness (QED) is 0.111. The Kier molecular flexibility index (Phi) is 11.7. The molecule has 0 aliphatic carbocycles. The molecule has 14 rings (SSSR count). The highest BCUT2D eigenvalue weighted by atomic mass is 15.1. The second-order valence-electron chi connectivity index (χ2n) is 19.7. The van der Waals surface area contributed by atoms with E-state index in [0.717, 1.165) is 78.3 Å². The lowest BCUT2D eigenvalue weighted by Gasteiger charge is -2.25. The van der Waals surface area contributed by atoms with Gasteiger partial charge in [0.2, 0.25) is 0 Å². The van der Waals surface area contributed by atoms with Crippen molar-refractivity contribution in [1.82, 2.24) is 0 Å². The van der Waals surface area contributed by atoms with E-state index < -0.39 is 0 Å². The second kappa shape index (κ2) is 19.9. The van der Waals surface area contributed by atoms with Crippen LogP contribution in [0.15, 0.2) is 291 Å². The van der Waals surface area contributed by atoms with Gasteiger partial charge in [-0.2, -0.15) is 0 Å². The Bertz CT molecular complexity index is 4250. The summed E-state index contributed by atoms with van der Waals surface area (Å²) < 4.78 is 0. The molecule has 2 heteroatoms. The minimum absolute atomic E-state index is 0.939. The first kappa shape index (κ1) is 45.9. The van der Waals surface area contributed by atoms with Crippen LogP contribution in [0.3, 0.4) is 0 Å². The van der Waals surface area contributed by atoms with E-state index in [1.54, 1.807) is 0 Å². The first-order chi connectivity index (χ1) is 38.7. The van der Waals surface area contributed by atoms with Crippen molar-refractivity contribution in [1.29, 1.82) is 0 Å². The number of fused-ring (bicyclic) bond motifs is 2. The molecule has 14 aromatic rings. The fourth-order valence-electron chi connectivity index (χ4n) is 11.4. The first-order valence-corrected chi connectivity index (χ1v) is 26.5. The third-order valence-electron chi connectivity index (χ3n) is 15.0. The number of anilines is 6. The van der Waals surface area contributed by atoms with Crippen molar-refractivity contribution in [3.05, 3.63) is 313 Å². The summed E-state index contributed by atoms with van der Waals surface area (Å²) in [6.45, 7) is 0. The van der Waals surface area contributed by atoms with E-state index in [9.17, 15) is 0 Å². The van der Waals surface area contributed by atoms with Crippen molar-refractivity contribution in [3.8, 4) is 45.9 Å². The molecule has 0 N–H and O–H groups in total. The number of nitrogens with zero attached hydrogens (tertiary/aromatic N) is 2. The smallest absolute Gasteiger partial charge is 0.0462 e. The summed E-state index contributed by atoms with van der Waals surface area (Å²) >= 11 is 0. The van der Waals surface area contributed by atoms with Crippen LogP contribution in [0.2, 0.25) is 0 Å². The summed E-state index contributed by atoms with van der Waals surface area (Å²) in [5, 5.41) is 11.8. The van der Waals surface area contributed by atoms with Crippen molar-refractivity contribution in [2.45, 2.75) is 0 Å². The Hall–Kier alpha value is -10.6. The minimum Gasteiger partial charge on any atom is -0.311 e. The lowest BCUT2D eigenvalue weighted by Crippen LogP contribution is -2.09. The summed E-state index contributed by atoms with van der Waals surface area (Å²) in [5.74, 6) is 14.8. The van der Waals surface area contributed by atoms with Crippen molar-refractivity contribution in [2.75, 3.05) is 9.80 Å². The molecule has 0 saturated carbocycles. The maximum absolute atomic E-state index is 3.76. The fraction of sp³-hybridized carbons (Fsp3) is 0. The van der Waals surface area contributed by atoms with Gasteiger partial charge in [0.1, 0.15) is 0 Å². The van der Waals surface area contributed by atoms with Crippen LogP contribution in [0.25, 0.3) is 76.1 Å². The summed E-state index contributed by atoms with van der Waals surface area (Å²) in [6, 6.07) is 104. The Balaban J connectivity index is 0.960. The molecule has 0 heterocycles. The fourth-order valence-corrected chi connectivity index (χ4v) is 11.4. The molecule has 0 aromatic heterocycles. The maximum atomic E-state index is 3.76. The summed E-state index contributed by atoms with van der Waals surface area (Å²) in [6.07, 6.45) is 0. The Morgan fingerprint density at radius 1 is 0.205 bits per heavy atom. The van der Waals surface area contributed by atoms with Crippen molar-refractivity contribution in [2.24, 2.45) is 0 Å². The summed E-state index contributed by atoms with van der Waals surface area (Å²) in [5.41, 5.74) is 15.0. The number of para-hydroxylation sites is 4. The van der Waals surface area contributed by atoms with Gasteiger partial charge in [-0.05, 0) is 185 Å². The molecule has 14 aromatic carbocycles. The van der Waals surface area contributed by atoms with Crippen LogP contribution in [-0.4, -0.2) is 0 Å². The maximum Gasteiger partial charge on any atom is 0.0462 e. The lowest BCUT2D eigenvalue weighted by atomic mass is 9.83.